The van der Waals surface area contributed by atoms with Crippen molar-refractivity contribution < 1.29 is 18.0 Å². The lowest BCUT2D eigenvalue weighted by Gasteiger charge is -2.31. The molecule has 1 fully saturated rings. The zero-order valence-corrected chi connectivity index (χ0v) is 12.9. The van der Waals surface area contributed by atoms with Gasteiger partial charge in [0.1, 0.15) is 0 Å². The first-order valence-electron chi connectivity index (χ1n) is 7.70. The summed E-state index contributed by atoms with van der Waals surface area (Å²) in [4.78, 5) is 11.9. The molecule has 6 heteroatoms. The van der Waals surface area contributed by atoms with E-state index in [1.54, 1.807) is 0 Å². The van der Waals surface area contributed by atoms with Crippen molar-refractivity contribution in [3.8, 4) is 0 Å². The fourth-order valence-electron chi connectivity index (χ4n) is 2.89. The summed E-state index contributed by atoms with van der Waals surface area (Å²) in [5, 5.41) is 2.77. The average Bonchev–Trinajstić information content (AvgIpc) is 2.36. The lowest BCUT2D eigenvalue weighted by atomic mass is 9.83. The molecule has 1 rings (SSSR count). The van der Waals surface area contributed by atoms with E-state index in [2.05, 4.69) is 5.32 Å². The Labute approximate surface area is 124 Å². The Morgan fingerprint density at radius 3 is 2.48 bits per heavy atom. The third-order valence-corrected chi connectivity index (χ3v) is 4.35. The predicted octanol–water partition coefficient (Wildman–Crippen LogP) is 3.38. The Bertz CT molecular complexity index is 342. The second kappa shape index (κ2) is 7.47. The summed E-state index contributed by atoms with van der Waals surface area (Å²) in [6, 6.07) is -0.338. The number of alkyl halides is 3. The molecular weight excluding hydrogens is 281 g/mol. The van der Waals surface area contributed by atoms with Gasteiger partial charge < -0.3 is 11.1 Å². The van der Waals surface area contributed by atoms with Crippen molar-refractivity contribution in [3.05, 3.63) is 0 Å². The normalized spacial score (nSPS) is 23.9. The van der Waals surface area contributed by atoms with Crippen LogP contribution in [0.1, 0.15) is 58.8 Å². The molecule has 0 bridgehead atoms. The highest BCUT2D eigenvalue weighted by Gasteiger charge is 2.42. The minimum absolute atomic E-state index is 0.00679. The van der Waals surface area contributed by atoms with Gasteiger partial charge in [-0.2, -0.15) is 13.2 Å². The SMILES string of the molecule is CC(C)(CCN)CCC(=O)NC1CCCC(C(F)(F)F)C1. The zero-order valence-electron chi connectivity index (χ0n) is 12.9. The van der Waals surface area contributed by atoms with E-state index >= 15 is 0 Å². The summed E-state index contributed by atoms with van der Waals surface area (Å²) in [5.41, 5.74) is 5.51. The molecule has 0 radical (unpaired) electrons. The topological polar surface area (TPSA) is 55.1 Å². The highest BCUT2D eigenvalue weighted by atomic mass is 19.4. The van der Waals surface area contributed by atoms with Crippen molar-refractivity contribution in [2.24, 2.45) is 17.1 Å². The molecule has 2 atom stereocenters. The fraction of sp³-hybridized carbons (Fsp3) is 0.933. The molecule has 2 unspecified atom stereocenters. The number of carbonyl (C=O) groups excluding carboxylic acids is 1. The number of halogens is 3. The predicted molar refractivity (Wildman–Crippen MR) is 76.6 cm³/mol. The summed E-state index contributed by atoms with van der Waals surface area (Å²) in [7, 11) is 0. The van der Waals surface area contributed by atoms with Gasteiger partial charge in [-0.25, -0.2) is 0 Å². The molecular formula is C15H27F3N2O. The van der Waals surface area contributed by atoms with Crippen LogP contribution in [0.2, 0.25) is 0 Å². The maximum Gasteiger partial charge on any atom is 0.391 e. The van der Waals surface area contributed by atoms with E-state index in [9.17, 15) is 18.0 Å². The summed E-state index contributed by atoms with van der Waals surface area (Å²) in [5.74, 6) is -1.42. The first-order chi connectivity index (χ1) is 9.64. The van der Waals surface area contributed by atoms with E-state index in [0.717, 1.165) is 6.42 Å². The van der Waals surface area contributed by atoms with Crippen LogP contribution in [0.15, 0.2) is 0 Å². The molecule has 0 heterocycles. The zero-order chi connectivity index (χ0) is 16.1. The van der Waals surface area contributed by atoms with Crippen molar-refractivity contribution in [2.75, 3.05) is 6.54 Å². The minimum Gasteiger partial charge on any atom is -0.353 e. The highest BCUT2D eigenvalue weighted by Crippen LogP contribution is 2.37. The molecule has 0 aromatic heterocycles. The van der Waals surface area contributed by atoms with Crippen LogP contribution in [0.25, 0.3) is 0 Å². The van der Waals surface area contributed by atoms with Crippen molar-refractivity contribution in [1.82, 2.24) is 5.32 Å². The van der Waals surface area contributed by atoms with E-state index in [-0.39, 0.29) is 30.2 Å². The Morgan fingerprint density at radius 1 is 1.24 bits per heavy atom. The van der Waals surface area contributed by atoms with Crippen LogP contribution in [-0.4, -0.2) is 24.7 Å². The van der Waals surface area contributed by atoms with Gasteiger partial charge in [-0.1, -0.05) is 20.3 Å². The fourth-order valence-corrected chi connectivity index (χ4v) is 2.89. The van der Waals surface area contributed by atoms with Gasteiger partial charge in [-0.15, -0.1) is 0 Å². The summed E-state index contributed by atoms with van der Waals surface area (Å²) in [6.07, 6.45) is -0.906. The van der Waals surface area contributed by atoms with E-state index in [4.69, 9.17) is 5.73 Å². The van der Waals surface area contributed by atoms with Gasteiger partial charge >= 0.3 is 6.18 Å². The Morgan fingerprint density at radius 2 is 1.90 bits per heavy atom. The van der Waals surface area contributed by atoms with Crippen molar-refractivity contribution >= 4 is 5.91 Å². The summed E-state index contributed by atoms with van der Waals surface area (Å²) in [6.45, 7) is 4.67. The van der Waals surface area contributed by atoms with Gasteiger partial charge in [0.15, 0.2) is 0 Å². The molecule has 0 aromatic carbocycles. The number of carbonyl (C=O) groups is 1. The number of hydrogen-bond acceptors (Lipinski definition) is 2. The first-order valence-corrected chi connectivity index (χ1v) is 7.70. The number of amides is 1. The van der Waals surface area contributed by atoms with Crippen molar-refractivity contribution in [1.29, 1.82) is 0 Å². The molecule has 3 nitrogen and oxygen atoms in total. The average molecular weight is 308 g/mol. The molecule has 1 amide bonds. The second-order valence-electron chi connectivity index (χ2n) is 6.87. The molecule has 3 N–H and O–H groups in total. The number of hydrogen-bond donors (Lipinski definition) is 2. The Balaban J connectivity index is 2.37. The van der Waals surface area contributed by atoms with Gasteiger partial charge in [0.2, 0.25) is 5.91 Å². The van der Waals surface area contributed by atoms with Gasteiger partial charge in [0.05, 0.1) is 5.92 Å². The van der Waals surface area contributed by atoms with Crippen LogP contribution >= 0.6 is 0 Å². The van der Waals surface area contributed by atoms with Crippen molar-refractivity contribution in [3.63, 3.8) is 0 Å². The quantitative estimate of drug-likeness (QED) is 0.790. The van der Waals surface area contributed by atoms with E-state index in [0.29, 0.717) is 32.2 Å². The number of rotatable bonds is 6. The molecule has 1 saturated carbocycles. The monoisotopic (exact) mass is 308 g/mol. The van der Waals surface area contributed by atoms with E-state index in [1.807, 2.05) is 13.8 Å². The lowest BCUT2D eigenvalue weighted by Crippen LogP contribution is -2.41. The molecule has 21 heavy (non-hydrogen) atoms. The minimum atomic E-state index is -4.15. The second-order valence-corrected chi connectivity index (χ2v) is 6.87. The van der Waals surface area contributed by atoms with Gasteiger partial charge in [0, 0.05) is 12.5 Å². The van der Waals surface area contributed by atoms with Crippen LogP contribution in [0.3, 0.4) is 0 Å². The lowest BCUT2D eigenvalue weighted by molar-refractivity contribution is -0.184. The van der Waals surface area contributed by atoms with Gasteiger partial charge in [-0.3, -0.25) is 4.79 Å². The third-order valence-electron chi connectivity index (χ3n) is 4.35. The maximum absolute atomic E-state index is 12.7. The summed E-state index contributed by atoms with van der Waals surface area (Å²) >= 11 is 0. The Kier molecular flexibility index (Phi) is 6.50. The largest absolute Gasteiger partial charge is 0.391 e. The van der Waals surface area contributed by atoms with Gasteiger partial charge in [-0.05, 0) is 44.1 Å². The molecule has 1 aliphatic carbocycles. The van der Waals surface area contributed by atoms with Crippen LogP contribution in [0, 0.1) is 11.3 Å². The van der Waals surface area contributed by atoms with E-state index < -0.39 is 12.1 Å². The number of nitrogens with one attached hydrogen (secondary N) is 1. The van der Waals surface area contributed by atoms with Crippen LogP contribution < -0.4 is 11.1 Å². The van der Waals surface area contributed by atoms with Crippen LogP contribution in [0.5, 0.6) is 0 Å². The molecule has 124 valence electrons. The maximum atomic E-state index is 12.7. The Hall–Kier alpha value is -0.780. The molecule has 1 aliphatic rings. The standard InChI is InChI=1S/C15H27F3N2O/c1-14(2,8-9-19)7-6-13(21)20-12-5-3-4-11(10-12)15(16,17)18/h11-12H,3-10,19H2,1-2H3,(H,20,21). The van der Waals surface area contributed by atoms with E-state index in [1.165, 1.54) is 0 Å². The smallest absolute Gasteiger partial charge is 0.353 e. The van der Waals surface area contributed by atoms with Crippen molar-refractivity contribution in [2.45, 2.75) is 71.0 Å². The molecule has 0 aromatic rings. The molecule has 0 saturated heterocycles. The van der Waals surface area contributed by atoms with Gasteiger partial charge in [0.25, 0.3) is 0 Å². The summed E-state index contributed by atoms with van der Waals surface area (Å²) < 4.78 is 38.1. The molecule has 0 aliphatic heterocycles. The van der Waals surface area contributed by atoms with Crippen LogP contribution in [0.4, 0.5) is 13.2 Å². The number of nitrogens with two attached hydrogens (primary N) is 1. The first kappa shape index (κ1) is 18.3. The highest BCUT2D eigenvalue weighted by molar-refractivity contribution is 5.76. The molecule has 0 spiro atoms. The third kappa shape index (κ3) is 6.68. The van der Waals surface area contributed by atoms with Crippen LogP contribution in [-0.2, 0) is 4.79 Å².